The van der Waals surface area contributed by atoms with E-state index in [1.165, 1.54) is 19.3 Å². The molecule has 2 heterocycles. The molecule has 5 rings (SSSR count). The van der Waals surface area contributed by atoms with Gasteiger partial charge in [0.05, 0.1) is 17.3 Å². The van der Waals surface area contributed by atoms with Crippen molar-refractivity contribution in [1.29, 1.82) is 0 Å². The van der Waals surface area contributed by atoms with Gasteiger partial charge < -0.3 is 15.0 Å². The number of aryl methyl sites for hydroxylation is 1. The molecule has 1 aliphatic heterocycles. The lowest BCUT2D eigenvalue weighted by atomic mass is 10.1. The van der Waals surface area contributed by atoms with Crippen molar-refractivity contribution in [2.45, 2.75) is 51.0 Å². The number of anilines is 2. The number of amides is 1. The van der Waals surface area contributed by atoms with E-state index < -0.39 is 5.97 Å². The molecule has 2 aliphatic rings. The fourth-order valence-corrected chi connectivity index (χ4v) is 4.61. The van der Waals surface area contributed by atoms with Gasteiger partial charge in [0.15, 0.2) is 6.61 Å². The van der Waals surface area contributed by atoms with Gasteiger partial charge in [-0.2, -0.15) is 0 Å². The summed E-state index contributed by atoms with van der Waals surface area (Å²) in [5, 5.41) is 3.36. The molecule has 0 bridgehead atoms. The van der Waals surface area contributed by atoms with E-state index >= 15 is 0 Å². The van der Waals surface area contributed by atoms with Crippen molar-refractivity contribution in [3.63, 3.8) is 0 Å². The first-order valence-electron chi connectivity index (χ1n) is 12.4. The maximum atomic E-state index is 12.9. The lowest BCUT2D eigenvalue weighted by Crippen LogP contribution is -2.29. The first kappa shape index (κ1) is 23.1. The molecule has 1 saturated carbocycles. The molecule has 1 amide bonds. The van der Waals surface area contributed by atoms with Gasteiger partial charge in [0.2, 0.25) is 0 Å². The Morgan fingerprint density at radius 2 is 1.74 bits per heavy atom. The highest BCUT2D eigenvalue weighted by molar-refractivity contribution is 5.93. The Morgan fingerprint density at radius 1 is 1.00 bits per heavy atom. The van der Waals surface area contributed by atoms with Crippen molar-refractivity contribution in [2.24, 2.45) is 0 Å². The zero-order chi connectivity index (χ0) is 24.2. The van der Waals surface area contributed by atoms with Gasteiger partial charge in [0.25, 0.3) is 11.5 Å². The molecular weight excluding hydrogens is 444 g/mol. The first-order valence-corrected chi connectivity index (χ1v) is 12.4. The van der Waals surface area contributed by atoms with Crippen LogP contribution in [0, 0.1) is 0 Å². The summed E-state index contributed by atoms with van der Waals surface area (Å²) in [6.07, 6.45) is 5.92. The minimum atomic E-state index is -0.495. The first-order chi connectivity index (χ1) is 17.1. The van der Waals surface area contributed by atoms with Crippen LogP contribution in [0.4, 0.5) is 11.4 Å². The standard InChI is InChI=1S/C27H30N4O4/c32-25(28-19-8-10-20(11-9-19)30-16-4-1-5-17-30)18-35-26(33)15-14-24-29-23-7-3-2-6-22(23)27(34)31(24)21-12-13-21/h2-3,6-11,21H,1,4-5,12-18H2,(H,28,32). The van der Waals surface area contributed by atoms with Crippen LogP contribution in [-0.2, 0) is 20.7 Å². The molecule has 0 spiro atoms. The van der Waals surface area contributed by atoms with Crippen molar-refractivity contribution in [3.05, 3.63) is 64.7 Å². The Bertz CT molecular complexity index is 1270. The van der Waals surface area contributed by atoms with Crippen LogP contribution in [0.2, 0.25) is 0 Å². The van der Waals surface area contributed by atoms with Gasteiger partial charge in [-0.1, -0.05) is 12.1 Å². The number of carbonyl (C=O) groups excluding carboxylic acids is 2. The number of nitrogens with one attached hydrogen (secondary N) is 1. The monoisotopic (exact) mass is 474 g/mol. The summed E-state index contributed by atoms with van der Waals surface area (Å²) >= 11 is 0. The fourth-order valence-electron chi connectivity index (χ4n) is 4.61. The number of hydrogen-bond acceptors (Lipinski definition) is 6. The van der Waals surface area contributed by atoms with Gasteiger partial charge in [0, 0.05) is 36.9 Å². The van der Waals surface area contributed by atoms with Gasteiger partial charge in [0.1, 0.15) is 5.82 Å². The molecule has 8 heteroatoms. The van der Waals surface area contributed by atoms with Crippen molar-refractivity contribution in [3.8, 4) is 0 Å². The van der Waals surface area contributed by atoms with Gasteiger partial charge in [-0.25, -0.2) is 4.98 Å². The molecule has 0 radical (unpaired) electrons. The third-order valence-corrected chi connectivity index (χ3v) is 6.58. The normalized spacial score (nSPS) is 15.7. The molecule has 1 aliphatic carbocycles. The topological polar surface area (TPSA) is 93.5 Å². The maximum absolute atomic E-state index is 12.9. The molecule has 35 heavy (non-hydrogen) atoms. The Morgan fingerprint density at radius 3 is 2.49 bits per heavy atom. The highest BCUT2D eigenvalue weighted by Gasteiger charge is 2.28. The van der Waals surface area contributed by atoms with E-state index in [0.29, 0.717) is 22.4 Å². The van der Waals surface area contributed by atoms with Crippen LogP contribution in [0.15, 0.2) is 53.3 Å². The average molecular weight is 475 g/mol. The summed E-state index contributed by atoms with van der Waals surface area (Å²) in [6.45, 7) is 1.77. The number of ether oxygens (including phenoxy) is 1. The van der Waals surface area contributed by atoms with Crippen LogP contribution in [-0.4, -0.2) is 41.1 Å². The second-order valence-electron chi connectivity index (χ2n) is 9.25. The highest BCUT2D eigenvalue weighted by Crippen LogP contribution is 2.35. The van der Waals surface area contributed by atoms with Gasteiger partial charge >= 0.3 is 5.97 Å². The molecule has 1 aromatic heterocycles. The summed E-state index contributed by atoms with van der Waals surface area (Å²) in [5.41, 5.74) is 2.39. The van der Waals surface area contributed by atoms with Crippen LogP contribution in [0.5, 0.6) is 0 Å². The van der Waals surface area contributed by atoms with Crippen molar-refractivity contribution in [2.75, 3.05) is 29.9 Å². The van der Waals surface area contributed by atoms with E-state index in [4.69, 9.17) is 4.74 Å². The van der Waals surface area contributed by atoms with Crippen LogP contribution < -0.4 is 15.8 Å². The van der Waals surface area contributed by atoms with E-state index in [2.05, 4.69) is 15.2 Å². The van der Waals surface area contributed by atoms with E-state index in [1.54, 1.807) is 16.7 Å². The second kappa shape index (κ2) is 10.3. The van der Waals surface area contributed by atoms with Crippen molar-refractivity contribution < 1.29 is 14.3 Å². The van der Waals surface area contributed by atoms with Gasteiger partial charge in [-0.15, -0.1) is 0 Å². The smallest absolute Gasteiger partial charge is 0.306 e. The average Bonchev–Trinajstić information content (AvgIpc) is 3.72. The fraction of sp³-hybridized carbons (Fsp3) is 0.407. The summed E-state index contributed by atoms with van der Waals surface area (Å²) in [6, 6.07) is 15.1. The highest BCUT2D eigenvalue weighted by atomic mass is 16.5. The quantitative estimate of drug-likeness (QED) is 0.499. The summed E-state index contributed by atoms with van der Waals surface area (Å²) in [5.74, 6) is -0.292. The van der Waals surface area contributed by atoms with E-state index in [9.17, 15) is 14.4 Å². The molecule has 0 atom stereocenters. The molecule has 1 saturated heterocycles. The molecule has 2 aromatic carbocycles. The minimum Gasteiger partial charge on any atom is -0.456 e. The summed E-state index contributed by atoms with van der Waals surface area (Å²) < 4.78 is 6.89. The van der Waals surface area contributed by atoms with Gasteiger partial charge in [-0.05, 0) is 68.5 Å². The largest absolute Gasteiger partial charge is 0.456 e. The molecule has 8 nitrogen and oxygen atoms in total. The summed E-state index contributed by atoms with van der Waals surface area (Å²) in [7, 11) is 0. The molecule has 3 aromatic rings. The molecular formula is C27H30N4O4. The Kier molecular flexibility index (Phi) is 6.79. The predicted molar refractivity (Wildman–Crippen MR) is 135 cm³/mol. The third-order valence-electron chi connectivity index (χ3n) is 6.58. The van der Waals surface area contributed by atoms with Crippen LogP contribution in [0.3, 0.4) is 0 Å². The zero-order valence-electron chi connectivity index (χ0n) is 19.7. The van der Waals surface area contributed by atoms with Crippen molar-refractivity contribution in [1.82, 2.24) is 9.55 Å². The zero-order valence-corrected chi connectivity index (χ0v) is 19.7. The summed E-state index contributed by atoms with van der Waals surface area (Å²) in [4.78, 5) is 44.5. The number of nitrogens with zero attached hydrogens (tertiary/aromatic N) is 3. The lowest BCUT2D eigenvalue weighted by molar-refractivity contribution is -0.147. The third kappa shape index (κ3) is 5.53. The number of para-hydroxylation sites is 1. The number of rotatable bonds is 8. The number of hydrogen-bond donors (Lipinski definition) is 1. The molecule has 0 unspecified atom stereocenters. The molecule has 1 N–H and O–H groups in total. The van der Waals surface area contributed by atoms with E-state index in [0.717, 1.165) is 31.6 Å². The minimum absolute atomic E-state index is 0.0509. The SMILES string of the molecule is O=C(COC(=O)CCc1nc2ccccc2c(=O)n1C1CC1)Nc1ccc(N2CCCCC2)cc1. The second-order valence-corrected chi connectivity index (χ2v) is 9.25. The maximum Gasteiger partial charge on any atom is 0.306 e. The van der Waals surface area contributed by atoms with E-state index in [-0.39, 0.29) is 37.0 Å². The Labute approximate surface area is 203 Å². The number of benzene rings is 2. The number of carbonyl (C=O) groups is 2. The predicted octanol–water partition coefficient (Wildman–Crippen LogP) is 3.84. The number of aromatic nitrogens is 2. The van der Waals surface area contributed by atoms with Crippen LogP contribution >= 0.6 is 0 Å². The van der Waals surface area contributed by atoms with Crippen LogP contribution in [0.1, 0.15) is 50.4 Å². The lowest BCUT2D eigenvalue weighted by Gasteiger charge is -2.28. The Hall–Kier alpha value is -3.68. The van der Waals surface area contributed by atoms with E-state index in [1.807, 2.05) is 36.4 Å². The van der Waals surface area contributed by atoms with Crippen molar-refractivity contribution >= 4 is 34.2 Å². The van der Waals surface area contributed by atoms with Gasteiger partial charge in [-0.3, -0.25) is 19.0 Å². The Balaban J connectivity index is 1.13. The number of piperidine rings is 1. The number of esters is 1. The van der Waals surface area contributed by atoms with Crippen LogP contribution in [0.25, 0.3) is 10.9 Å². The molecule has 182 valence electrons. The molecule has 2 fully saturated rings. The number of fused-ring (bicyclic) bond motifs is 1.